The summed E-state index contributed by atoms with van der Waals surface area (Å²) in [6.07, 6.45) is 0.758. The molecule has 0 aliphatic carbocycles. The molecule has 3 N–H and O–H groups in total. The first-order valence-corrected chi connectivity index (χ1v) is 7.77. The van der Waals surface area contributed by atoms with Gasteiger partial charge in [0.1, 0.15) is 5.60 Å². The molecule has 0 unspecified atom stereocenters. The molecule has 0 fully saturated rings. The van der Waals surface area contributed by atoms with Gasteiger partial charge in [0.05, 0.1) is 6.10 Å². The maximum atomic E-state index is 11.5. The minimum atomic E-state index is -0.479. The van der Waals surface area contributed by atoms with E-state index in [4.69, 9.17) is 9.47 Å². The molecule has 7 heteroatoms. The lowest BCUT2D eigenvalue weighted by Crippen LogP contribution is -2.42. The molecule has 1 amide bonds. The zero-order valence-electron chi connectivity index (χ0n) is 14.8. The molecule has 0 aromatic heterocycles. The molecule has 22 heavy (non-hydrogen) atoms. The van der Waals surface area contributed by atoms with Crippen LogP contribution in [0.15, 0.2) is 4.99 Å². The van der Waals surface area contributed by atoms with Gasteiger partial charge in [-0.25, -0.2) is 4.79 Å². The van der Waals surface area contributed by atoms with Crippen molar-refractivity contribution < 1.29 is 14.3 Å². The standard InChI is InChI=1S/C15H32N4O3/c1-12(2)21-11-7-8-17-13(16-6)18-9-10-19-14(20)22-15(3,4)5/h12H,7-11H2,1-6H3,(H,19,20)(H2,16,17,18). The molecule has 0 aliphatic rings. The molecule has 0 aromatic rings. The molecule has 130 valence electrons. The zero-order valence-corrected chi connectivity index (χ0v) is 14.8. The van der Waals surface area contributed by atoms with E-state index < -0.39 is 11.7 Å². The number of ether oxygens (including phenoxy) is 2. The molecule has 0 radical (unpaired) electrons. The van der Waals surface area contributed by atoms with Crippen molar-refractivity contribution in [1.29, 1.82) is 0 Å². The van der Waals surface area contributed by atoms with Crippen LogP contribution < -0.4 is 16.0 Å². The highest BCUT2D eigenvalue weighted by atomic mass is 16.6. The number of nitrogens with zero attached hydrogens (tertiary/aromatic N) is 1. The van der Waals surface area contributed by atoms with Gasteiger partial charge in [0.15, 0.2) is 5.96 Å². The molecule has 0 bridgehead atoms. The average molecular weight is 316 g/mol. The fraction of sp³-hybridized carbons (Fsp3) is 0.867. The third-order valence-corrected chi connectivity index (χ3v) is 2.37. The van der Waals surface area contributed by atoms with E-state index in [0.717, 1.165) is 19.6 Å². The van der Waals surface area contributed by atoms with Crippen LogP contribution >= 0.6 is 0 Å². The van der Waals surface area contributed by atoms with Gasteiger partial charge < -0.3 is 25.4 Å². The number of amides is 1. The topological polar surface area (TPSA) is 84.0 Å². The number of hydrogen-bond donors (Lipinski definition) is 3. The Hall–Kier alpha value is -1.50. The van der Waals surface area contributed by atoms with Gasteiger partial charge in [-0.1, -0.05) is 0 Å². The Morgan fingerprint density at radius 2 is 1.68 bits per heavy atom. The van der Waals surface area contributed by atoms with Crippen molar-refractivity contribution in [2.75, 3.05) is 33.3 Å². The van der Waals surface area contributed by atoms with Gasteiger partial charge in [-0.2, -0.15) is 0 Å². The second-order valence-electron chi connectivity index (χ2n) is 6.13. The summed E-state index contributed by atoms with van der Waals surface area (Å²) < 4.78 is 10.6. The zero-order chi connectivity index (χ0) is 17.0. The lowest BCUT2D eigenvalue weighted by Gasteiger charge is -2.20. The van der Waals surface area contributed by atoms with Crippen LogP contribution in [0.4, 0.5) is 4.79 Å². The van der Waals surface area contributed by atoms with E-state index in [1.165, 1.54) is 0 Å². The van der Waals surface area contributed by atoms with Gasteiger partial charge in [0.25, 0.3) is 0 Å². The van der Waals surface area contributed by atoms with Crippen LogP contribution in [0.3, 0.4) is 0 Å². The third kappa shape index (κ3) is 13.5. The van der Waals surface area contributed by atoms with E-state index >= 15 is 0 Å². The molecule has 0 spiro atoms. The summed E-state index contributed by atoms with van der Waals surface area (Å²) in [7, 11) is 1.71. The number of rotatable bonds is 8. The molecular weight excluding hydrogens is 284 g/mol. The van der Waals surface area contributed by atoms with Crippen molar-refractivity contribution >= 4 is 12.1 Å². The van der Waals surface area contributed by atoms with Crippen molar-refractivity contribution in [1.82, 2.24) is 16.0 Å². The number of alkyl carbamates (subject to hydrolysis) is 1. The highest BCUT2D eigenvalue weighted by molar-refractivity contribution is 5.79. The van der Waals surface area contributed by atoms with Crippen LogP contribution in [0.5, 0.6) is 0 Å². The maximum absolute atomic E-state index is 11.5. The van der Waals surface area contributed by atoms with Crippen LogP contribution in [0, 0.1) is 0 Å². The van der Waals surface area contributed by atoms with Crippen molar-refractivity contribution in [3.8, 4) is 0 Å². The van der Waals surface area contributed by atoms with E-state index in [2.05, 4.69) is 20.9 Å². The maximum Gasteiger partial charge on any atom is 0.407 e. The third-order valence-electron chi connectivity index (χ3n) is 2.37. The van der Waals surface area contributed by atoms with Crippen molar-refractivity contribution in [2.45, 2.75) is 52.7 Å². The Morgan fingerprint density at radius 1 is 1.09 bits per heavy atom. The van der Waals surface area contributed by atoms with Crippen LogP contribution in [0.2, 0.25) is 0 Å². The quantitative estimate of drug-likeness (QED) is 0.359. The largest absolute Gasteiger partial charge is 0.444 e. The van der Waals surface area contributed by atoms with Crippen LogP contribution in [-0.4, -0.2) is 57.0 Å². The SMILES string of the molecule is CN=C(NCCCOC(C)C)NCCNC(=O)OC(C)(C)C. The number of carbonyl (C=O) groups is 1. The van der Waals surface area contributed by atoms with E-state index in [0.29, 0.717) is 19.0 Å². The molecule has 7 nitrogen and oxygen atoms in total. The summed E-state index contributed by atoms with van der Waals surface area (Å²) in [5.41, 5.74) is -0.479. The molecule has 0 aliphatic heterocycles. The number of guanidine groups is 1. The summed E-state index contributed by atoms with van der Waals surface area (Å²) in [4.78, 5) is 15.6. The first kappa shape index (κ1) is 20.5. The monoisotopic (exact) mass is 316 g/mol. The Labute approximate surface area is 134 Å². The van der Waals surface area contributed by atoms with Crippen molar-refractivity contribution in [2.24, 2.45) is 4.99 Å². The fourth-order valence-electron chi connectivity index (χ4n) is 1.48. The summed E-state index contributed by atoms with van der Waals surface area (Å²) in [6.45, 7) is 12.1. The van der Waals surface area contributed by atoms with Crippen LogP contribution in [0.25, 0.3) is 0 Å². The van der Waals surface area contributed by atoms with Gasteiger partial charge in [-0.15, -0.1) is 0 Å². The molecule has 0 atom stereocenters. The second kappa shape index (κ2) is 11.1. The Kier molecular flexibility index (Phi) is 10.4. The fourth-order valence-corrected chi connectivity index (χ4v) is 1.48. The highest BCUT2D eigenvalue weighted by Crippen LogP contribution is 2.05. The van der Waals surface area contributed by atoms with Gasteiger partial charge in [-0.3, -0.25) is 4.99 Å². The number of hydrogen-bond acceptors (Lipinski definition) is 4. The van der Waals surface area contributed by atoms with Gasteiger partial charge >= 0.3 is 6.09 Å². The lowest BCUT2D eigenvalue weighted by molar-refractivity contribution is 0.0528. The summed E-state index contributed by atoms with van der Waals surface area (Å²) >= 11 is 0. The number of aliphatic imine (C=N–C) groups is 1. The van der Waals surface area contributed by atoms with Gasteiger partial charge in [0.2, 0.25) is 0 Å². The Morgan fingerprint density at radius 3 is 2.23 bits per heavy atom. The Bertz CT molecular complexity index is 338. The lowest BCUT2D eigenvalue weighted by atomic mass is 10.2. The van der Waals surface area contributed by atoms with E-state index in [1.807, 2.05) is 34.6 Å². The number of nitrogens with one attached hydrogen (secondary N) is 3. The normalized spacial score (nSPS) is 12.2. The van der Waals surface area contributed by atoms with Crippen LogP contribution in [0.1, 0.15) is 41.0 Å². The van der Waals surface area contributed by atoms with Crippen LogP contribution in [-0.2, 0) is 9.47 Å². The predicted molar refractivity (Wildman–Crippen MR) is 89.3 cm³/mol. The molecule has 0 rings (SSSR count). The van der Waals surface area contributed by atoms with Crippen molar-refractivity contribution in [3.05, 3.63) is 0 Å². The summed E-state index contributed by atoms with van der Waals surface area (Å²) in [6, 6.07) is 0. The van der Waals surface area contributed by atoms with E-state index in [1.54, 1.807) is 7.05 Å². The highest BCUT2D eigenvalue weighted by Gasteiger charge is 2.15. The van der Waals surface area contributed by atoms with Crippen molar-refractivity contribution in [3.63, 3.8) is 0 Å². The van der Waals surface area contributed by atoms with E-state index in [9.17, 15) is 4.79 Å². The summed E-state index contributed by atoms with van der Waals surface area (Å²) in [5, 5.41) is 8.98. The molecule has 0 saturated heterocycles. The van der Waals surface area contributed by atoms with E-state index in [-0.39, 0.29) is 6.10 Å². The molecular formula is C15H32N4O3. The molecule has 0 heterocycles. The molecule has 0 saturated carbocycles. The summed E-state index contributed by atoms with van der Waals surface area (Å²) in [5.74, 6) is 0.704. The number of carbonyl (C=O) groups excluding carboxylic acids is 1. The predicted octanol–water partition coefficient (Wildman–Crippen LogP) is 1.49. The van der Waals surface area contributed by atoms with Gasteiger partial charge in [-0.05, 0) is 41.0 Å². The Balaban J connectivity index is 3.68. The minimum absolute atomic E-state index is 0.261. The second-order valence-corrected chi connectivity index (χ2v) is 6.13. The first-order chi connectivity index (χ1) is 10.2. The molecule has 0 aromatic carbocycles. The average Bonchev–Trinajstić information content (AvgIpc) is 2.38. The minimum Gasteiger partial charge on any atom is -0.444 e. The van der Waals surface area contributed by atoms with Gasteiger partial charge in [0, 0.05) is 33.3 Å². The first-order valence-electron chi connectivity index (χ1n) is 7.77. The smallest absolute Gasteiger partial charge is 0.407 e.